The van der Waals surface area contributed by atoms with Crippen LogP contribution in [0.25, 0.3) is 0 Å². The summed E-state index contributed by atoms with van der Waals surface area (Å²) in [7, 11) is 0. The van der Waals surface area contributed by atoms with Crippen molar-refractivity contribution in [1.82, 2.24) is 14.7 Å². The third kappa shape index (κ3) is 43.7. The predicted octanol–water partition coefficient (Wildman–Crippen LogP) is 20.2. The molecule has 2 amide bonds. The summed E-state index contributed by atoms with van der Waals surface area (Å²) in [6.07, 6.45) is 62.1. The van der Waals surface area contributed by atoms with Crippen LogP contribution in [0.3, 0.4) is 0 Å². The number of carbonyl (C=O) groups is 2. The Morgan fingerprint density at radius 1 is 0.294 bits per heavy atom. The van der Waals surface area contributed by atoms with E-state index in [0.29, 0.717) is 11.8 Å². The number of nitrogens with zero attached hydrogens (tertiary/aromatic N) is 3. The summed E-state index contributed by atoms with van der Waals surface area (Å²) in [5, 5.41) is 0. The van der Waals surface area contributed by atoms with Gasteiger partial charge in [0.15, 0.2) is 0 Å². The summed E-state index contributed by atoms with van der Waals surface area (Å²) in [5.74, 6) is 0.870. The van der Waals surface area contributed by atoms with Crippen molar-refractivity contribution in [3.63, 3.8) is 0 Å². The van der Waals surface area contributed by atoms with Crippen molar-refractivity contribution in [2.24, 2.45) is 0 Å². The van der Waals surface area contributed by atoms with Crippen molar-refractivity contribution in [1.29, 1.82) is 0 Å². The summed E-state index contributed by atoms with van der Waals surface area (Å²) in [6.45, 7) is 19.6. The highest BCUT2D eigenvalue weighted by molar-refractivity contribution is 5.76. The number of amides is 2. The number of carbonyl (C=O) groups excluding carboxylic acids is 2. The van der Waals surface area contributed by atoms with Gasteiger partial charge in [0, 0.05) is 45.1 Å². The third-order valence-electron chi connectivity index (χ3n) is 15.3. The van der Waals surface area contributed by atoms with Gasteiger partial charge in [-0.25, -0.2) is 0 Å². The molecule has 0 saturated heterocycles. The van der Waals surface area contributed by atoms with Crippen LogP contribution in [-0.2, 0) is 9.59 Å². The van der Waals surface area contributed by atoms with Crippen LogP contribution in [0, 0.1) is 0 Å². The average Bonchev–Trinajstić information content (AvgIpc) is 3.90. The highest BCUT2D eigenvalue weighted by Crippen LogP contribution is 2.25. The molecule has 5 heteroatoms. The lowest BCUT2D eigenvalue weighted by Crippen LogP contribution is -2.35. The van der Waals surface area contributed by atoms with E-state index in [-0.39, 0.29) is 0 Å². The molecule has 5 nitrogen and oxygen atoms in total. The fourth-order valence-corrected chi connectivity index (χ4v) is 10.8. The topological polar surface area (TPSA) is 43.9 Å². The Morgan fingerprint density at radius 2 is 0.500 bits per heavy atom. The average molecular weight is 959 g/mol. The molecule has 0 aromatic carbocycles. The van der Waals surface area contributed by atoms with Crippen LogP contribution in [0.4, 0.5) is 0 Å². The first-order valence-electron chi connectivity index (χ1n) is 31.9. The molecule has 0 spiro atoms. The molecule has 0 atom stereocenters. The summed E-state index contributed by atoms with van der Waals surface area (Å²) < 4.78 is 0. The minimum atomic E-state index is 0.435. The molecule has 1 aliphatic carbocycles. The highest BCUT2D eigenvalue weighted by atomic mass is 16.2. The molecule has 406 valence electrons. The molecule has 0 N–H and O–H groups in total. The largest absolute Gasteiger partial charge is 0.343 e. The van der Waals surface area contributed by atoms with Crippen LogP contribution in [0.5, 0.6) is 0 Å². The van der Waals surface area contributed by atoms with Gasteiger partial charge in [0.25, 0.3) is 0 Å². The van der Waals surface area contributed by atoms with Crippen molar-refractivity contribution in [3.05, 3.63) is 0 Å². The minimum absolute atomic E-state index is 0.435. The number of rotatable bonds is 53. The molecule has 1 aliphatic rings. The number of hydrogen-bond donors (Lipinski definition) is 0. The van der Waals surface area contributed by atoms with E-state index in [2.05, 4.69) is 42.4 Å². The van der Waals surface area contributed by atoms with Gasteiger partial charge in [-0.1, -0.05) is 273 Å². The lowest BCUT2D eigenvalue weighted by molar-refractivity contribution is -0.132. The Balaban J connectivity index is 0.0000221. The Morgan fingerprint density at radius 3 is 0.750 bits per heavy atom. The minimum Gasteiger partial charge on any atom is -0.343 e. The maximum atomic E-state index is 13.5. The van der Waals surface area contributed by atoms with E-state index in [0.717, 1.165) is 57.9 Å². The summed E-state index contributed by atoms with van der Waals surface area (Å²) in [6, 6.07) is 0.807. The molecule has 0 unspecified atom stereocenters. The van der Waals surface area contributed by atoms with Crippen molar-refractivity contribution < 1.29 is 9.59 Å². The van der Waals surface area contributed by atoms with Crippen LogP contribution in [-0.4, -0.2) is 71.8 Å². The van der Waals surface area contributed by atoms with E-state index >= 15 is 0 Å². The fourth-order valence-electron chi connectivity index (χ4n) is 10.8. The highest BCUT2D eigenvalue weighted by Gasteiger charge is 2.22. The molecule has 0 aliphatic heterocycles. The smallest absolute Gasteiger partial charge is 0.222 e. The SMILES string of the molecule is CC.CCCCCCCCCCN(CCCCCCCCCC)C(=O)CCCCCCCN(CCCCCCCC(=O)N(CCCCCCCCCC)CCCCCCCCCC)C1CCCC1. The zero-order valence-electron chi connectivity index (χ0n) is 47.9. The second kappa shape index (κ2) is 55.2. The molecule has 0 bridgehead atoms. The van der Waals surface area contributed by atoms with Gasteiger partial charge < -0.3 is 14.7 Å². The van der Waals surface area contributed by atoms with Crippen LogP contribution >= 0.6 is 0 Å². The summed E-state index contributed by atoms with van der Waals surface area (Å²) >= 11 is 0. The second-order valence-electron chi connectivity index (χ2n) is 21.7. The van der Waals surface area contributed by atoms with E-state index in [1.54, 1.807) is 0 Å². The number of unbranched alkanes of at least 4 members (excludes halogenated alkanes) is 36. The summed E-state index contributed by atoms with van der Waals surface area (Å²) in [5.41, 5.74) is 0. The van der Waals surface area contributed by atoms with Crippen LogP contribution in [0.15, 0.2) is 0 Å². The Kier molecular flexibility index (Phi) is 54.3. The fraction of sp³-hybridized carbons (Fsp3) is 0.968. The monoisotopic (exact) mass is 958 g/mol. The van der Waals surface area contributed by atoms with Crippen LogP contribution < -0.4 is 0 Å². The van der Waals surface area contributed by atoms with Crippen molar-refractivity contribution in [3.8, 4) is 0 Å². The van der Waals surface area contributed by atoms with Gasteiger partial charge in [0.05, 0.1) is 0 Å². The van der Waals surface area contributed by atoms with E-state index in [9.17, 15) is 9.59 Å². The van der Waals surface area contributed by atoms with E-state index in [1.807, 2.05) is 13.8 Å². The molecule has 0 radical (unpaired) electrons. The van der Waals surface area contributed by atoms with E-state index < -0.39 is 0 Å². The maximum Gasteiger partial charge on any atom is 0.222 e. The number of hydrogen-bond acceptors (Lipinski definition) is 3. The van der Waals surface area contributed by atoms with Gasteiger partial charge >= 0.3 is 0 Å². The van der Waals surface area contributed by atoms with Gasteiger partial charge in [-0.3, -0.25) is 9.59 Å². The van der Waals surface area contributed by atoms with Gasteiger partial charge in [0.1, 0.15) is 0 Å². The lowest BCUT2D eigenvalue weighted by Gasteiger charge is -2.29. The molecule has 0 heterocycles. The standard InChI is InChI=1S/C61H121N3O2.C2H6/c1-5-9-13-17-21-25-33-45-55-63(56-46-34-26-22-18-14-10-6-2)60(65)51-39-31-29-37-43-53-62(59-49-41-42-50-59)54-44-38-30-32-40-52-61(66)64(57-47-35-27-23-19-15-11-7-3)58-48-36-28-24-20-16-12-8-4;1-2/h59H,5-58H2,1-4H3;1-2H3. The van der Waals surface area contributed by atoms with E-state index in [1.165, 1.54) is 296 Å². The Hall–Kier alpha value is -1.10. The van der Waals surface area contributed by atoms with Crippen LogP contribution in [0.2, 0.25) is 0 Å². The molecular weight excluding hydrogens is 831 g/mol. The molecule has 1 saturated carbocycles. The van der Waals surface area contributed by atoms with Crippen molar-refractivity contribution in [2.45, 2.75) is 356 Å². The van der Waals surface area contributed by atoms with Crippen molar-refractivity contribution in [2.75, 3.05) is 39.3 Å². The first-order chi connectivity index (χ1) is 33.6. The maximum absolute atomic E-state index is 13.5. The summed E-state index contributed by atoms with van der Waals surface area (Å²) in [4.78, 5) is 34.3. The first kappa shape index (κ1) is 66.9. The van der Waals surface area contributed by atoms with Gasteiger partial charge in [-0.05, 0) is 77.3 Å². The predicted molar refractivity (Wildman–Crippen MR) is 304 cm³/mol. The van der Waals surface area contributed by atoms with Gasteiger partial charge in [-0.15, -0.1) is 0 Å². The second-order valence-corrected chi connectivity index (χ2v) is 21.7. The van der Waals surface area contributed by atoms with Gasteiger partial charge in [0.2, 0.25) is 11.8 Å². The van der Waals surface area contributed by atoms with E-state index in [4.69, 9.17) is 0 Å². The van der Waals surface area contributed by atoms with Crippen LogP contribution in [0.1, 0.15) is 350 Å². The first-order valence-corrected chi connectivity index (χ1v) is 31.9. The molecule has 1 fully saturated rings. The molecule has 0 aromatic rings. The van der Waals surface area contributed by atoms with Crippen molar-refractivity contribution >= 4 is 11.8 Å². The Bertz CT molecular complexity index is 887. The zero-order valence-corrected chi connectivity index (χ0v) is 47.9. The quantitative estimate of drug-likeness (QED) is 0.0571. The third-order valence-corrected chi connectivity index (χ3v) is 15.3. The molecule has 68 heavy (non-hydrogen) atoms. The molecule has 0 aromatic heterocycles. The normalized spacial score (nSPS) is 12.8. The van der Waals surface area contributed by atoms with Gasteiger partial charge in [-0.2, -0.15) is 0 Å². The molecular formula is C63H127N3O2. The Labute approximate surface area is 429 Å². The molecule has 1 rings (SSSR count). The zero-order chi connectivity index (χ0) is 49.6. The lowest BCUT2D eigenvalue weighted by atomic mass is 10.1.